The standard InChI is InChI=1S/C17H25N3O2S/c1-3-20(4-2)17(22)13-6-5-7-14(10-13)19-16(21)11-15-12-23-9-8-18-15/h5-7,10,15,18H,3-4,8-9,11-12H2,1-2H3,(H,19,21). The van der Waals surface area contributed by atoms with Crippen molar-refractivity contribution >= 4 is 29.3 Å². The first-order chi connectivity index (χ1) is 11.1. The average molecular weight is 335 g/mol. The molecule has 1 aliphatic rings. The van der Waals surface area contributed by atoms with Gasteiger partial charge in [0.05, 0.1) is 0 Å². The molecule has 1 aliphatic heterocycles. The molecule has 23 heavy (non-hydrogen) atoms. The molecule has 6 heteroatoms. The van der Waals surface area contributed by atoms with Gasteiger partial charge in [-0.25, -0.2) is 0 Å². The highest BCUT2D eigenvalue weighted by Gasteiger charge is 2.17. The van der Waals surface area contributed by atoms with E-state index in [9.17, 15) is 9.59 Å². The third kappa shape index (κ3) is 5.25. The Bertz CT molecular complexity index is 540. The number of nitrogens with zero attached hydrogens (tertiary/aromatic N) is 1. The van der Waals surface area contributed by atoms with Crippen LogP contribution >= 0.6 is 11.8 Å². The predicted molar refractivity (Wildman–Crippen MR) is 96.1 cm³/mol. The van der Waals surface area contributed by atoms with E-state index in [0.717, 1.165) is 18.1 Å². The van der Waals surface area contributed by atoms with E-state index in [1.165, 1.54) is 0 Å². The summed E-state index contributed by atoms with van der Waals surface area (Å²) in [6.45, 7) is 6.23. The molecule has 1 heterocycles. The third-order valence-corrected chi connectivity index (χ3v) is 5.01. The van der Waals surface area contributed by atoms with Crippen LogP contribution in [0.25, 0.3) is 0 Å². The SMILES string of the molecule is CCN(CC)C(=O)c1cccc(NC(=O)CC2CSCCN2)c1. The Hall–Kier alpha value is -1.53. The van der Waals surface area contributed by atoms with E-state index in [0.29, 0.717) is 30.8 Å². The van der Waals surface area contributed by atoms with Crippen LogP contribution in [0.15, 0.2) is 24.3 Å². The molecule has 2 rings (SSSR count). The number of thioether (sulfide) groups is 1. The van der Waals surface area contributed by atoms with Crippen molar-refractivity contribution in [1.29, 1.82) is 0 Å². The molecular formula is C17H25N3O2S. The molecule has 0 saturated carbocycles. The Morgan fingerprint density at radius 2 is 2.13 bits per heavy atom. The number of rotatable bonds is 6. The Balaban J connectivity index is 1.96. The molecule has 1 aromatic rings. The smallest absolute Gasteiger partial charge is 0.253 e. The summed E-state index contributed by atoms with van der Waals surface area (Å²) in [4.78, 5) is 26.3. The summed E-state index contributed by atoms with van der Waals surface area (Å²) in [5.74, 6) is 2.05. The van der Waals surface area contributed by atoms with Crippen LogP contribution in [0.5, 0.6) is 0 Å². The highest BCUT2D eigenvalue weighted by atomic mass is 32.2. The lowest BCUT2D eigenvalue weighted by molar-refractivity contribution is -0.116. The van der Waals surface area contributed by atoms with Gasteiger partial charge in [0.15, 0.2) is 0 Å². The molecule has 2 amide bonds. The summed E-state index contributed by atoms with van der Waals surface area (Å²) < 4.78 is 0. The molecule has 1 atom stereocenters. The van der Waals surface area contributed by atoms with Gasteiger partial charge >= 0.3 is 0 Å². The van der Waals surface area contributed by atoms with E-state index >= 15 is 0 Å². The lowest BCUT2D eigenvalue weighted by atomic mass is 10.1. The molecule has 0 spiro atoms. The third-order valence-electron chi connectivity index (χ3n) is 3.87. The van der Waals surface area contributed by atoms with Crippen LogP contribution in [0.1, 0.15) is 30.6 Å². The Kier molecular flexibility index (Phi) is 6.92. The molecular weight excluding hydrogens is 310 g/mol. The second-order valence-electron chi connectivity index (χ2n) is 5.54. The van der Waals surface area contributed by atoms with Crippen molar-refractivity contribution in [1.82, 2.24) is 10.2 Å². The fraction of sp³-hybridized carbons (Fsp3) is 0.529. The number of anilines is 1. The molecule has 5 nitrogen and oxygen atoms in total. The first kappa shape index (κ1) is 17.8. The molecule has 0 aromatic heterocycles. The summed E-state index contributed by atoms with van der Waals surface area (Å²) in [6.07, 6.45) is 0.460. The van der Waals surface area contributed by atoms with Crippen LogP contribution in [0.4, 0.5) is 5.69 Å². The van der Waals surface area contributed by atoms with Crippen LogP contribution in [-0.4, -0.2) is 53.9 Å². The highest BCUT2D eigenvalue weighted by Crippen LogP contribution is 2.15. The number of benzene rings is 1. The largest absolute Gasteiger partial charge is 0.339 e. The minimum Gasteiger partial charge on any atom is -0.339 e. The van der Waals surface area contributed by atoms with Gasteiger partial charge in [-0.05, 0) is 32.0 Å². The molecule has 1 unspecified atom stereocenters. The Morgan fingerprint density at radius 3 is 2.78 bits per heavy atom. The quantitative estimate of drug-likeness (QED) is 0.837. The van der Waals surface area contributed by atoms with E-state index in [1.807, 2.05) is 31.7 Å². The summed E-state index contributed by atoms with van der Waals surface area (Å²) in [5.41, 5.74) is 1.29. The van der Waals surface area contributed by atoms with E-state index < -0.39 is 0 Å². The first-order valence-electron chi connectivity index (χ1n) is 8.14. The number of carbonyl (C=O) groups is 2. The molecule has 2 N–H and O–H groups in total. The van der Waals surface area contributed by atoms with Crippen LogP contribution < -0.4 is 10.6 Å². The zero-order chi connectivity index (χ0) is 16.7. The first-order valence-corrected chi connectivity index (χ1v) is 9.29. The monoisotopic (exact) mass is 335 g/mol. The molecule has 126 valence electrons. The lowest BCUT2D eigenvalue weighted by Crippen LogP contribution is -2.39. The fourth-order valence-corrected chi connectivity index (χ4v) is 3.56. The van der Waals surface area contributed by atoms with Crippen LogP contribution in [0, 0.1) is 0 Å². The van der Waals surface area contributed by atoms with Gasteiger partial charge < -0.3 is 15.5 Å². The van der Waals surface area contributed by atoms with Gasteiger partial charge in [0.1, 0.15) is 0 Å². The van der Waals surface area contributed by atoms with E-state index in [-0.39, 0.29) is 17.9 Å². The average Bonchev–Trinajstić information content (AvgIpc) is 2.57. The summed E-state index contributed by atoms with van der Waals surface area (Å²) in [6, 6.07) is 7.40. The van der Waals surface area contributed by atoms with E-state index in [1.54, 1.807) is 23.1 Å². The zero-order valence-electron chi connectivity index (χ0n) is 13.8. The second kappa shape index (κ2) is 8.93. The van der Waals surface area contributed by atoms with Gasteiger partial charge in [-0.2, -0.15) is 11.8 Å². The van der Waals surface area contributed by atoms with Crippen LogP contribution in [0.3, 0.4) is 0 Å². The maximum absolute atomic E-state index is 12.4. The van der Waals surface area contributed by atoms with Gasteiger partial charge in [0.25, 0.3) is 5.91 Å². The van der Waals surface area contributed by atoms with Crippen molar-refractivity contribution in [2.45, 2.75) is 26.3 Å². The lowest BCUT2D eigenvalue weighted by Gasteiger charge is -2.22. The molecule has 0 radical (unpaired) electrons. The van der Waals surface area contributed by atoms with Gasteiger partial charge in [-0.3, -0.25) is 9.59 Å². The zero-order valence-corrected chi connectivity index (χ0v) is 14.6. The minimum absolute atomic E-state index is 0.00329. The van der Waals surface area contributed by atoms with E-state index in [4.69, 9.17) is 0 Å². The van der Waals surface area contributed by atoms with Crippen LogP contribution in [0.2, 0.25) is 0 Å². The summed E-state index contributed by atoms with van der Waals surface area (Å²) in [7, 11) is 0. The molecule has 0 aliphatic carbocycles. The van der Waals surface area contributed by atoms with Crippen molar-refractivity contribution in [2.24, 2.45) is 0 Å². The normalized spacial score (nSPS) is 17.6. The van der Waals surface area contributed by atoms with Gasteiger partial charge in [0, 0.05) is 54.9 Å². The Morgan fingerprint density at radius 1 is 1.35 bits per heavy atom. The number of amides is 2. The molecule has 0 bridgehead atoms. The number of hydrogen-bond donors (Lipinski definition) is 2. The molecule has 1 fully saturated rings. The van der Waals surface area contributed by atoms with Crippen molar-refractivity contribution < 1.29 is 9.59 Å². The maximum atomic E-state index is 12.4. The van der Waals surface area contributed by atoms with Crippen molar-refractivity contribution in [2.75, 3.05) is 36.5 Å². The van der Waals surface area contributed by atoms with E-state index in [2.05, 4.69) is 10.6 Å². The van der Waals surface area contributed by atoms with Gasteiger partial charge in [-0.15, -0.1) is 0 Å². The predicted octanol–water partition coefficient (Wildman–Crippen LogP) is 2.20. The number of carbonyl (C=O) groups excluding carboxylic acids is 2. The summed E-state index contributed by atoms with van der Waals surface area (Å²) in [5, 5.41) is 6.25. The van der Waals surface area contributed by atoms with Gasteiger partial charge in [0.2, 0.25) is 5.91 Å². The van der Waals surface area contributed by atoms with Crippen molar-refractivity contribution in [3.8, 4) is 0 Å². The fourth-order valence-electron chi connectivity index (χ4n) is 2.61. The maximum Gasteiger partial charge on any atom is 0.253 e. The second-order valence-corrected chi connectivity index (χ2v) is 6.69. The Labute approximate surface area is 142 Å². The highest BCUT2D eigenvalue weighted by molar-refractivity contribution is 7.99. The van der Waals surface area contributed by atoms with Crippen LogP contribution in [-0.2, 0) is 4.79 Å². The number of hydrogen-bond acceptors (Lipinski definition) is 4. The molecule has 1 aromatic carbocycles. The van der Waals surface area contributed by atoms with Crippen molar-refractivity contribution in [3.63, 3.8) is 0 Å². The van der Waals surface area contributed by atoms with Crippen molar-refractivity contribution in [3.05, 3.63) is 29.8 Å². The van der Waals surface area contributed by atoms with Gasteiger partial charge in [-0.1, -0.05) is 6.07 Å². The number of nitrogens with one attached hydrogen (secondary N) is 2. The topological polar surface area (TPSA) is 61.4 Å². The minimum atomic E-state index is -0.0163. The summed E-state index contributed by atoms with van der Waals surface area (Å²) >= 11 is 1.87. The molecule has 1 saturated heterocycles.